The van der Waals surface area contributed by atoms with Crippen LogP contribution in [-0.4, -0.2) is 14.8 Å². The minimum Gasteiger partial charge on any atom is -0.266 e. The van der Waals surface area contributed by atoms with Gasteiger partial charge in [-0.1, -0.05) is 36.4 Å². The van der Waals surface area contributed by atoms with E-state index < -0.39 is 0 Å². The molecule has 0 spiro atoms. The molecule has 0 fully saturated rings. The largest absolute Gasteiger partial charge is 0.266 e. The standard InChI is InChI=1S/C23H18N4/c1-17-5-4-11-25-23(17)16-27-12-10-22(26-27)21-9-3-8-20(14-21)19-7-2-6-18(13-19)15-24/h2-14H,16H2,1H3. The Labute approximate surface area is 158 Å². The molecule has 0 saturated heterocycles. The van der Waals surface area contributed by atoms with Crippen molar-refractivity contribution >= 4 is 0 Å². The molecule has 2 aromatic carbocycles. The van der Waals surface area contributed by atoms with E-state index in [1.54, 1.807) is 0 Å². The fourth-order valence-electron chi connectivity index (χ4n) is 3.07. The monoisotopic (exact) mass is 350 g/mol. The molecule has 2 heterocycles. The normalized spacial score (nSPS) is 10.5. The van der Waals surface area contributed by atoms with Crippen LogP contribution in [0.15, 0.2) is 79.1 Å². The van der Waals surface area contributed by atoms with Gasteiger partial charge in [0.05, 0.1) is 29.6 Å². The van der Waals surface area contributed by atoms with Crippen molar-refractivity contribution in [1.29, 1.82) is 5.26 Å². The third-order valence-corrected chi connectivity index (χ3v) is 4.55. The van der Waals surface area contributed by atoms with Crippen molar-refractivity contribution in [3.8, 4) is 28.5 Å². The summed E-state index contributed by atoms with van der Waals surface area (Å²) in [6.45, 7) is 2.71. The third-order valence-electron chi connectivity index (χ3n) is 4.55. The van der Waals surface area contributed by atoms with Gasteiger partial charge in [0.15, 0.2) is 0 Å². The number of aryl methyl sites for hydroxylation is 1. The summed E-state index contributed by atoms with van der Waals surface area (Å²) in [5.74, 6) is 0. The van der Waals surface area contributed by atoms with Gasteiger partial charge >= 0.3 is 0 Å². The van der Waals surface area contributed by atoms with Crippen molar-refractivity contribution in [3.63, 3.8) is 0 Å². The van der Waals surface area contributed by atoms with Crippen molar-refractivity contribution in [1.82, 2.24) is 14.8 Å². The molecule has 4 nitrogen and oxygen atoms in total. The van der Waals surface area contributed by atoms with Crippen LogP contribution in [0.3, 0.4) is 0 Å². The summed E-state index contributed by atoms with van der Waals surface area (Å²) < 4.78 is 1.91. The van der Waals surface area contributed by atoms with E-state index in [-0.39, 0.29) is 0 Å². The predicted octanol–water partition coefficient (Wildman–Crippen LogP) is 4.84. The Morgan fingerprint density at radius 2 is 1.70 bits per heavy atom. The van der Waals surface area contributed by atoms with Gasteiger partial charge in [0.25, 0.3) is 0 Å². The van der Waals surface area contributed by atoms with E-state index in [1.165, 1.54) is 0 Å². The number of aromatic nitrogens is 3. The number of benzene rings is 2. The van der Waals surface area contributed by atoms with E-state index >= 15 is 0 Å². The summed E-state index contributed by atoms with van der Waals surface area (Å²) in [6, 6.07) is 24.1. The van der Waals surface area contributed by atoms with Crippen LogP contribution in [0.5, 0.6) is 0 Å². The van der Waals surface area contributed by atoms with E-state index in [1.807, 2.05) is 65.6 Å². The van der Waals surface area contributed by atoms with E-state index in [4.69, 9.17) is 10.4 Å². The maximum Gasteiger partial charge on any atom is 0.0991 e. The van der Waals surface area contributed by atoms with Crippen LogP contribution in [0.2, 0.25) is 0 Å². The topological polar surface area (TPSA) is 54.5 Å². The Hall–Kier alpha value is -3.71. The Balaban J connectivity index is 1.62. The van der Waals surface area contributed by atoms with E-state index in [0.717, 1.165) is 33.6 Å². The van der Waals surface area contributed by atoms with Gasteiger partial charge in [0, 0.05) is 18.0 Å². The highest BCUT2D eigenvalue weighted by Crippen LogP contribution is 2.26. The first-order valence-corrected chi connectivity index (χ1v) is 8.78. The molecular formula is C23H18N4. The molecule has 0 saturated carbocycles. The third kappa shape index (κ3) is 3.63. The van der Waals surface area contributed by atoms with Gasteiger partial charge in [0.2, 0.25) is 0 Å². The smallest absolute Gasteiger partial charge is 0.0991 e. The van der Waals surface area contributed by atoms with Crippen LogP contribution in [0, 0.1) is 18.3 Å². The Kier molecular flexibility index (Phi) is 4.51. The van der Waals surface area contributed by atoms with Crippen molar-refractivity contribution < 1.29 is 0 Å². The minimum absolute atomic E-state index is 0.649. The number of pyridine rings is 1. The molecule has 4 aromatic rings. The van der Waals surface area contributed by atoms with Crippen LogP contribution in [0.1, 0.15) is 16.8 Å². The zero-order valence-corrected chi connectivity index (χ0v) is 15.0. The SMILES string of the molecule is Cc1cccnc1Cn1ccc(-c2cccc(-c3cccc(C#N)c3)c2)n1. The number of nitrogens with zero attached hydrogens (tertiary/aromatic N) is 4. The summed E-state index contributed by atoms with van der Waals surface area (Å²) in [5, 5.41) is 13.8. The molecule has 0 radical (unpaired) electrons. The lowest BCUT2D eigenvalue weighted by molar-refractivity contribution is 0.671. The Bertz CT molecular complexity index is 1130. The van der Waals surface area contributed by atoms with Gasteiger partial charge in [-0.05, 0) is 53.9 Å². The van der Waals surface area contributed by atoms with Crippen LogP contribution in [0.25, 0.3) is 22.4 Å². The van der Waals surface area contributed by atoms with Crippen molar-refractivity contribution in [3.05, 3.63) is 95.9 Å². The van der Waals surface area contributed by atoms with Crippen molar-refractivity contribution in [2.24, 2.45) is 0 Å². The van der Waals surface area contributed by atoms with Gasteiger partial charge < -0.3 is 0 Å². The van der Waals surface area contributed by atoms with E-state index in [0.29, 0.717) is 12.1 Å². The first-order valence-electron chi connectivity index (χ1n) is 8.78. The average molecular weight is 350 g/mol. The highest BCUT2D eigenvalue weighted by atomic mass is 15.3. The second-order valence-corrected chi connectivity index (χ2v) is 6.44. The van der Waals surface area contributed by atoms with Gasteiger partial charge in [-0.3, -0.25) is 9.67 Å². The van der Waals surface area contributed by atoms with Crippen LogP contribution in [-0.2, 0) is 6.54 Å². The molecule has 0 atom stereocenters. The van der Waals surface area contributed by atoms with E-state index in [2.05, 4.69) is 36.2 Å². The zero-order chi connectivity index (χ0) is 18.6. The Morgan fingerprint density at radius 1 is 0.926 bits per heavy atom. The highest BCUT2D eigenvalue weighted by molar-refractivity contribution is 5.72. The molecule has 0 aliphatic rings. The van der Waals surface area contributed by atoms with E-state index in [9.17, 15) is 0 Å². The Morgan fingerprint density at radius 3 is 2.52 bits per heavy atom. The minimum atomic E-state index is 0.649. The van der Waals surface area contributed by atoms with Crippen LogP contribution < -0.4 is 0 Å². The van der Waals surface area contributed by atoms with Gasteiger partial charge in [0.1, 0.15) is 0 Å². The molecule has 0 N–H and O–H groups in total. The molecular weight excluding hydrogens is 332 g/mol. The first kappa shape index (κ1) is 16.7. The molecule has 4 heteroatoms. The maximum atomic E-state index is 9.12. The summed E-state index contributed by atoms with van der Waals surface area (Å²) in [6.07, 6.45) is 3.79. The fourth-order valence-corrected chi connectivity index (χ4v) is 3.07. The lowest BCUT2D eigenvalue weighted by atomic mass is 10.0. The summed E-state index contributed by atoms with van der Waals surface area (Å²) in [7, 11) is 0. The molecule has 2 aromatic heterocycles. The van der Waals surface area contributed by atoms with Crippen molar-refractivity contribution in [2.75, 3.05) is 0 Å². The number of hydrogen-bond acceptors (Lipinski definition) is 3. The number of hydrogen-bond donors (Lipinski definition) is 0. The lowest BCUT2D eigenvalue weighted by Crippen LogP contribution is -2.04. The average Bonchev–Trinajstić information content (AvgIpc) is 3.18. The molecule has 130 valence electrons. The van der Waals surface area contributed by atoms with Gasteiger partial charge in [-0.2, -0.15) is 10.4 Å². The van der Waals surface area contributed by atoms with Gasteiger partial charge in [-0.15, -0.1) is 0 Å². The summed E-state index contributed by atoms with van der Waals surface area (Å²) in [4.78, 5) is 4.44. The summed E-state index contributed by atoms with van der Waals surface area (Å²) in [5.41, 5.74) is 6.91. The second kappa shape index (κ2) is 7.27. The fraction of sp³-hybridized carbons (Fsp3) is 0.0870. The van der Waals surface area contributed by atoms with Gasteiger partial charge in [-0.25, -0.2) is 0 Å². The molecule has 0 unspecified atom stereocenters. The molecule has 27 heavy (non-hydrogen) atoms. The zero-order valence-electron chi connectivity index (χ0n) is 15.0. The predicted molar refractivity (Wildman–Crippen MR) is 106 cm³/mol. The first-order chi connectivity index (χ1) is 13.2. The molecule has 0 amide bonds. The number of nitriles is 1. The maximum absolute atomic E-state index is 9.12. The van der Waals surface area contributed by atoms with Crippen LogP contribution in [0.4, 0.5) is 0 Å². The van der Waals surface area contributed by atoms with Crippen LogP contribution >= 0.6 is 0 Å². The molecule has 0 bridgehead atoms. The van der Waals surface area contributed by atoms with Crippen molar-refractivity contribution in [2.45, 2.75) is 13.5 Å². The molecule has 0 aliphatic heterocycles. The number of rotatable bonds is 4. The quantitative estimate of drug-likeness (QED) is 0.529. The molecule has 4 rings (SSSR count). The second-order valence-electron chi connectivity index (χ2n) is 6.44. The molecule has 0 aliphatic carbocycles. The highest BCUT2D eigenvalue weighted by Gasteiger charge is 2.07. The lowest BCUT2D eigenvalue weighted by Gasteiger charge is -2.06. The summed E-state index contributed by atoms with van der Waals surface area (Å²) >= 11 is 0.